The van der Waals surface area contributed by atoms with Crippen LogP contribution in [0.15, 0.2) is 24.3 Å². The molecule has 0 amide bonds. The van der Waals surface area contributed by atoms with Gasteiger partial charge in [0.15, 0.2) is 6.29 Å². The molecule has 3 saturated heterocycles. The minimum atomic E-state index is -1.08. The van der Waals surface area contributed by atoms with E-state index in [2.05, 4.69) is 17.0 Å². The van der Waals surface area contributed by atoms with Crippen molar-refractivity contribution in [3.8, 4) is 0 Å². The zero-order valence-electron chi connectivity index (χ0n) is 13.8. The van der Waals surface area contributed by atoms with Crippen molar-refractivity contribution in [2.24, 2.45) is 0 Å². The molecule has 4 rings (SSSR count). The number of fused-ring (bicyclic) bond motifs is 6. The average molecular weight is 390 g/mol. The molecule has 1 aromatic carbocycles. The third-order valence-corrected chi connectivity index (χ3v) is 5.57. The molecule has 0 aliphatic carbocycles. The molecule has 8 heteroatoms. The normalized spacial score (nSPS) is 32.8. The summed E-state index contributed by atoms with van der Waals surface area (Å²) in [4.78, 5) is 2.63. The van der Waals surface area contributed by atoms with Gasteiger partial charge in [-0.3, -0.25) is 0 Å². The van der Waals surface area contributed by atoms with Gasteiger partial charge in [-0.05, 0) is 29.3 Å². The van der Waals surface area contributed by atoms with E-state index in [-0.39, 0.29) is 6.10 Å². The molecule has 25 heavy (non-hydrogen) atoms. The van der Waals surface area contributed by atoms with E-state index in [1.165, 1.54) is 5.56 Å². The van der Waals surface area contributed by atoms with Crippen LogP contribution in [-0.2, 0) is 26.5 Å². The lowest BCUT2D eigenvalue weighted by molar-refractivity contribution is -0.289. The zero-order chi connectivity index (χ0) is 17.6. The molecule has 6 nitrogen and oxygen atoms in total. The summed E-state index contributed by atoms with van der Waals surface area (Å²) in [5.41, 5.74) is 2.32. The number of hydrogen-bond donors (Lipinski definition) is 3. The number of benzene rings is 1. The molecule has 0 aromatic heterocycles. The van der Waals surface area contributed by atoms with Gasteiger partial charge < -0.3 is 24.4 Å². The fourth-order valence-corrected chi connectivity index (χ4v) is 4.25. The van der Waals surface area contributed by atoms with Crippen LogP contribution < -0.4 is 4.84 Å². The lowest BCUT2D eigenvalue weighted by Crippen LogP contribution is -2.59. The molecule has 3 N–H and O–H groups in total. The lowest BCUT2D eigenvalue weighted by Gasteiger charge is -2.41. The first-order valence-electron chi connectivity index (χ1n) is 8.43. The molecular weight excluding hydrogens is 366 g/mol. The number of ether oxygens (including phenoxy) is 3. The average Bonchev–Trinajstić information content (AvgIpc) is 2.75. The highest BCUT2D eigenvalue weighted by molar-refractivity contribution is 7.98. The second kappa shape index (κ2) is 9.53. The summed E-state index contributed by atoms with van der Waals surface area (Å²) >= 11 is 7.26. The minimum Gasteiger partial charge on any atom is -0.387 e. The largest absolute Gasteiger partial charge is 0.387 e. The van der Waals surface area contributed by atoms with Gasteiger partial charge in [-0.1, -0.05) is 24.3 Å². The highest BCUT2D eigenvalue weighted by Crippen LogP contribution is 2.29. The third kappa shape index (κ3) is 5.08. The van der Waals surface area contributed by atoms with Crippen molar-refractivity contribution in [2.75, 3.05) is 19.0 Å². The maximum atomic E-state index is 10.3. The Morgan fingerprint density at radius 3 is 2.80 bits per heavy atom. The van der Waals surface area contributed by atoms with Gasteiger partial charge in [-0.15, -0.1) is 0 Å². The van der Waals surface area contributed by atoms with Gasteiger partial charge in [0.1, 0.15) is 18.3 Å². The van der Waals surface area contributed by atoms with Gasteiger partial charge in [0, 0.05) is 24.7 Å². The number of nitrogens with one attached hydrogen (secondary N) is 1. The molecule has 3 heterocycles. The predicted molar refractivity (Wildman–Crippen MR) is 96.3 cm³/mol. The van der Waals surface area contributed by atoms with Crippen molar-refractivity contribution in [1.82, 2.24) is 4.84 Å². The first kappa shape index (κ1) is 19.4. The second-order valence-corrected chi connectivity index (χ2v) is 7.53. The Labute approximate surface area is 156 Å². The predicted octanol–water partition coefficient (Wildman–Crippen LogP) is 1.42. The highest BCUT2D eigenvalue weighted by Gasteiger charge is 2.46. The van der Waals surface area contributed by atoms with E-state index in [1.807, 2.05) is 12.1 Å². The Morgan fingerprint density at radius 2 is 1.96 bits per heavy atom. The van der Waals surface area contributed by atoms with Crippen LogP contribution in [0.1, 0.15) is 17.5 Å². The molecule has 140 valence electrons. The van der Waals surface area contributed by atoms with Crippen molar-refractivity contribution >= 4 is 23.5 Å². The van der Waals surface area contributed by atoms with E-state index in [1.54, 1.807) is 11.8 Å². The summed E-state index contributed by atoms with van der Waals surface area (Å²) in [6.45, 7) is 1.55. The van der Waals surface area contributed by atoms with E-state index in [0.29, 0.717) is 25.5 Å². The summed E-state index contributed by atoms with van der Waals surface area (Å²) in [6.07, 6.45) is -3.01. The van der Waals surface area contributed by atoms with Crippen LogP contribution in [0.5, 0.6) is 0 Å². The van der Waals surface area contributed by atoms with Gasteiger partial charge in [0.05, 0.1) is 12.7 Å². The van der Waals surface area contributed by atoms with Gasteiger partial charge >= 0.3 is 0 Å². The number of thioether (sulfide) groups is 1. The Bertz CT molecular complexity index is 550. The summed E-state index contributed by atoms with van der Waals surface area (Å²) in [5.74, 6) is 1.46. The maximum absolute atomic E-state index is 10.3. The van der Waals surface area contributed by atoms with Crippen LogP contribution in [-0.4, -0.2) is 59.9 Å². The topological polar surface area (TPSA) is 80.2 Å². The molecule has 0 saturated carbocycles. The van der Waals surface area contributed by atoms with Gasteiger partial charge in [0.2, 0.25) is 0 Å². The molecule has 3 aliphatic rings. The molecule has 2 bridgehead atoms. The molecule has 0 radical (unpaired) electrons. The molecule has 5 unspecified atom stereocenters. The first-order chi connectivity index (χ1) is 12.2. The molecule has 5 atom stereocenters. The highest BCUT2D eigenvalue weighted by atomic mass is 35.5. The zero-order valence-corrected chi connectivity index (χ0v) is 15.4. The van der Waals surface area contributed by atoms with Crippen LogP contribution in [0.2, 0.25) is 0 Å². The van der Waals surface area contributed by atoms with E-state index >= 15 is 0 Å². The van der Waals surface area contributed by atoms with Crippen molar-refractivity contribution in [2.45, 2.75) is 49.4 Å². The summed E-state index contributed by atoms with van der Waals surface area (Å²) in [7, 11) is 0. The van der Waals surface area contributed by atoms with E-state index in [4.69, 9.17) is 26.0 Å². The summed E-state index contributed by atoms with van der Waals surface area (Å²) < 4.78 is 17.1. The van der Waals surface area contributed by atoms with Crippen LogP contribution in [0, 0.1) is 0 Å². The smallest absolute Gasteiger partial charge is 0.186 e. The fraction of sp³-hybridized carbons (Fsp3) is 0.647. The quantitative estimate of drug-likeness (QED) is 0.635. The Morgan fingerprint density at radius 1 is 1.16 bits per heavy atom. The van der Waals surface area contributed by atoms with E-state index < -0.39 is 24.6 Å². The fourth-order valence-electron chi connectivity index (χ4n) is 3.06. The third-order valence-electron chi connectivity index (χ3n) is 4.33. The number of halogens is 1. The van der Waals surface area contributed by atoms with Crippen LogP contribution in [0.25, 0.3) is 0 Å². The van der Waals surface area contributed by atoms with E-state index in [9.17, 15) is 10.2 Å². The molecule has 1 aromatic rings. The van der Waals surface area contributed by atoms with Crippen molar-refractivity contribution < 1.29 is 24.4 Å². The van der Waals surface area contributed by atoms with Crippen molar-refractivity contribution in [3.05, 3.63) is 35.4 Å². The number of hydrogen-bond acceptors (Lipinski definition) is 7. The van der Waals surface area contributed by atoms with Crippen molar-refractivity contribution in [1.29, 1.82) is 0 Å². The molecule has 0 spiro atoms. The van der Waals surface area contributed by atoms with Gasteiger partial charge in [-0.2, -0.15) is 11.8 Å². The number of aliphatic hydroxyl groups is 2. The minimum absolute atomic E-state index is 0.320. The standard InChI is InChI=1S/C17H24ClNO5S/c18-19-8-11-3-1-4-12(7-11)9-25-10-13-16-14(20)15(21)17(24-13)23-6-2-5-22-16/h1,3-4,7,13-17,19-21H,2,5-6,8-10H2. The molecular formula is C17H24ClNO5S. The Hall–Kier alpha value is -0.380. The Kier molecular flexibility index (Phi) is 7.39. The molecule has 3 fully saturated rings. The summed E-state index contributed by atoms with van der Waals surface area (Å²) in [6, 6.07) is 8.21. The lowest BCUT2D eigenvalue weighted by atomic mass is 10.00. The molecule has 3 aliphatic heterocycles. The monoisotopic (exact) mass is 389 g/mol. The second-order valence-electron chi connectivity index (χ2n) is 6.23. The maximum Gasteiger partial charge on any atom is 0.186 e. The van der Waals surface area contributed by atoms with Crippen LogP contribution in [0.4, 0.5) is 0 Å². The van der Waals surface area contributed by atoms with Gasteiger partial charge in [0.25, 0.3) is 0 Å². The number of rotatable bonds is 6. The van der Waals surface area contributed by atoms with E-state index in [0.717, 1.165) is 17.7 Å². The van der Waals surface area contributed by atoms with Crippen LogP contribution >= 0.6 is 23.5 Å². The summed E-state index contributed by atoms with van der Waals surface area (Å²) in [5, 5.41) is 20.4. The Balaban J connectivity index is 1.57. The van der Waals surface area contributed by atoms with Crippen molar-refractivity contribution in [3.63, 3.8) is 0 Å². The van der Waals surface area contributed by atoms with Gasteiger partial charge in [-0.25, -0.2) is 4.84 Å². The first-order valence-corrected chi connectivity index (χ1v) is 9.96. The SMILES string of the molecule is OC1C2OCCCOC(C(CSCc3cccc(CNCl)c3)O2)C1O. The van der Waals surface area contributed by atoms with Crippen LogP contribution in [0.3, 0.4) is 0 Å². The number of aliphatic hydroxyl groups excluding tert-OH is 2.